The van der Waals surface area contributed by atoms with Crippen molar-refractivity contribution in [3.63, 3.8) is 0 Å². The fraction of sp³-hybridized carbons (Fsp3) is 0.500. The molecule has 0 saturated carbocycles. The van der Waals surface area contributed by atoms with Gasteiger partial charge in [-0.3, -0.25) is 0 Å². The Hall–Kier alpha value is -0.520. The summed E-state index contributed by atoms with van der Waals surface area (Å²) in [6.07, 6.45) is 0. The predicted molar refractivity (Wildman–Crippen MR) is 23.2 cm³/mol. The lowest BCUT2D eigenvalue weighted by molar-refractivity contribution is 0.181. The highest BCUT2D eigenvalue weighted by Crippen LogP contribution is 1.46. The Morgan fingerprint density at radius 1 is 1.83 bits per heavy atom. The second-order valence-electron chi connectivity index (χ2n) is 0.762. The molecule has 6 heavy (non-hydrogen) atoms. The first kappa shape index (κ1) is 5.48. The molecule has 0 aromatic heterocycles. The lowest BCUT2D eigenvalue weighted by atomic mass is 10.6. The molecule has 0 amide bonds. The summed E-state index contributed by atoms with van der Waals surface area (Å²) in [6, 6.07) is 0. The van der Waals surface area contributed by atoms with E-state index in [0.717, 1.165) is 0 Å². The van der Waals surface area contributed by atoms with E-state index < -0.39 is 0 Å². The minimum Gasteiger partial charge on any atom is -0.316 e. The maximum absolute atomic E-state index is 7.84. The Bertz CT molecular complexity index is 69.4. The lowest BCUT2D eigenvalue weighted by Gasteiger charge is -1.77. The van der Waals surface area contributed by atoms with E-state index in [-0.39, 0.29) is 0 Å². The highest BCUT2D eigenvalue weighted by Gasteiger charge is 1.60. The van der Waals surface area contributed by atoms with Crippen LogP contribution in [0.3, 0.4) is 0 Å². The second kappa shape index (κ2) is 4.48. The van der Waals surface area contributed by atoms with Gasteiger partial charge in [-0.1, -0.05) is 5.92 Å². The molecule has 2 nitrogen and oxygen atoms in total. The number of hydrogen-bond donors (Lipinski definition) is 2. The molecule has 0 aliphatic heterocycles. The molecular formula is C4H7NO. The number of hydrogen-bond acceptors (Lipinski definition) is 2. The van der Waals surface area contributed by atoms with Crippen molar-refractivity contribution in [3.8, 4) is 11.8 Å². The van der Waals surface area contributed by atoms with Gasteiger partial charge in [0.1, 0.15) is 0 Å². The lowest BCUT2D eigenvalue weighted by Crippen LogP contribution is -2.05. The first-order chi connectivity index (χ1) is 2.91. The maximum Gasteiger partial charge on any atom is 0.0818 e. The van der Waals surface area contributed by atoms with E-state index in [1.165, 1.54) is 0 Å². The SMILES string of the molecule is CC#CCNO. The molecule has 0 aliphatic rings. The van der Waals surface area contributed by atoms with Crippen LogP contribution in [0.5, 0.6) is 0 Å². The van der Waals surface area contributed by atoms with Crippen LogP contribution in [0.2, 0.25) is 0 Å². The third kappa shape index (κ3) is 3.48. The number of hydroxylamine groups is 1. The van der Waals surface area contributed by atoms with Gasteiger partial charge in [-0.15, -0.1) is 5.92 Å². The molecule has 0 bridgehead atoms. The quantitative estimate of drug-likeness (QED) is 0.346. The topological polar surface area (TPSA) is 32.3 Å². The Morgan fingerprint density at radius 2 is 2.50 bits per heavy atom. The van der Waals surface area contributed by atoms with E-state index in [1.54, 1.807) is 6.92 Å². The molecule has 0 unspecified atom stereocenters. The van der Waals surface area contributed by atoms with Crippen LogP contribution in [0.15, 0.2) is 0 Å². The van der Waals surface area contributed by atoms with Gasteiger partial charge in [0.25, 0.3) is 0 Å². The van der Waals surface area contributed by atoms with Crippen LogP contribution >= 0.6 is 0 Å². The molecule has 0 fully saturated rings. The highest BCUT2D eigenvalue weighted by atomic mass is 16.5. The van der Waals surface area contributed by atoms with Crippen molar-refractivity contribution >= 4 is 0 Å². The molecule has 34 valence electrons. The average Bonchev–Trinajstić information content (AvgIpc) is 1.61. The standard InChI is InChI=1S/C4H7NO/c1-2-3-4-5-6/h5-6H,4H2,1H3. The molecule has 0 aliphatic carbocycles. The average molecular weight is 85.1 g/mol. The van der Waals surface area contributed by atoms with E-state index in [2.05, 4.69) is 11.8 Å². The number of rotatable bonds is 1. The Morgan fingerprint density at radius 3 is 2.67 bits per heavy atom. The normalized spacial score (nSPS) is 6.33. The van der Waals surface area contributed by atoms with Crippen molar-refractivity contribution in [2.75, 3.05) is 6.54 Å². The first-order valence-electron chi connectivity index (χ1n) is 1.68. The van der Waals surface area contributed by atoms with Crippen LogP contribution < -0.4 is 5.48 Å². The summed E-state index contributed by atoms with van der Waals surface area (Å²) in [5, 5.41) is 7.84. The zero-order valence-corrected chi connectivity index (χ0v) is 3.65. The maximum atomic E-state index is 7.84. The van der Waals surface area contributed by atoms with Crippen LogP contribution in [-0.2, 0) is 0 Å². The molecule has 0 rings (SSSR count). The third-order valence-electron chi connectivity index (χ3n) is 0.344. The van der Waals surface area contributed by atoms with Gasteiger partial charge in [0.2, 0.25) is 0 Å². The molecule has 0 atom stereocenters. The summed E-state index contributed by atoms with van der Waals surface area (Å²) >= 11 is 0. The van der Waals surface area contributed by atoms with Gasteiger partial charge < -0.3 is 5.21 Å². The smallest absolute Gasteiger partial charge is 0.0818 e. The molecule has 2 N–H and O–H groups in total. The Balaban J connectivity index is 2.79. The summed E-state index contributed by atoms with van der Waals surface area (Å²) in [6.45, 7) is 2.08. The van der Waals surface area contributed by atoms with E-state index in [0.29, 0.717) is 6.54 Å². The van der Waals surface area contributed by atoms with Crippen LogP contribution in [0, 0.1) is 11.8 Å². The van der Waals surface area contributed by atoms with Crippen LogP contribution in [0.4, 0.5) is 0 Å². The van der Waals surface area contributed by atoms with Crippen molar-refractivity contribution in [3.05, 3.63) is 0 Å². The van der Waals surface area contributed by atoms with Gasteiger partial charge in [-0.2, -0.15) is 5.48 Å². The van der Waals surface area contributed by atoms with Crippen molar-refractivity contribution in [1.82, 2.24) is 5.48 Å². The summed E-state index contributed by atoms with van der Waals surface area (Å²) in [5.74, 6) is 5.18. The van der Waals surface area contributed by atoms with Gasteiger partial charge in [-0.05, 0) is 6.92 Å². The molecular weight excluding hydrogens is 78.0 g/mol. The van der Waals surface area contributed by atoms with Crippen LogP contribution in [0.25, 0.3) is 0 Å². The van der Waals surface area contributed by atoms with Gasteiger partial charge in [0.15, 0.2) is 0 Å². The molecule has 2 heteroatoms. The highest BCUT2D eigenvalue weighted by molar-refractivity contribution is 4.95. The zero-order chi connectivity index (χ0) is 4.83. The van der Waals surface area contributed by atoms with Crippen molar-refractivity contribution in [2.24, 2.45) is 0 Å². The monoisotopic (exact) mass is 85.1 g/mol. The van der Waals surface area contributed by atoms with Crippen LogP contribution in [-0.4, -0.2) is 11.8 Å². The molecule has 0 heterocycles. The minimum absolute atomic E-state index is 0.358. The molecule has 0 saturated heterocycles. The van der Waals surface area contributed by atoms with E-state index >= 15 is 0 Å². The van der Waals surface area contributed by atoms with Crippen molar-refractivity contribution < 1.29 is 5.21 Å². The Kier molecular flexibility index (Phi) is 4.09. The number of nitrogens with one attached hydrogen (secondary N) is 1. The minimum atomic E-state index is 0.358. The van der Waals surface area contributed by atoms with Crippen LogP contribution in [0.1, 0.15) is 6.92 Å². The Labute approximate surface area is 37.1 Å². The first-order valence-corrected chi connectivity index (χ1v) is 1.68. The van der Waals surface area contributed by atoms with Gasteiger partial charge in [0.05, 0.1) is 6.54 Å². The fourth-order valence-corrected chi connectivity index (χ4v) is 0.128. The molecule has 0 spiro atoms. The summed E-state index contributed by atoms with van der Waals surface area (Å²) in [5.41, 5.74) is 1.90. The second-order valence-corrected chi connectivity index (χ2v) is 0.762. The van der Waals surface area contributed by atoms with E-state index in [9.17, 15) is 0 Å². The fourth-order valence-electron chi connectivity index (χ4n) is 0.128. The predicted octanol–water partition coefficient (Wildman–Crippen LogP) is -0.0115. The largest absolute Gasteiger partial charge is 0.316 e. The van der Waals surface area contributed by atoms with E-state index in [4.69, 9.17) is 5.21 Å². The molecule has 0 aromatic rings. The summed E-state index contributed by atoms with van der Waals surface area (Å²) < 4.78 is 0. The van der Waals surface area contributed by atoms with Gasteiger partial charge in [0, 0.05) is 0 Å². The van der Waals surface area contributed by atoms with Gasteiger partial charge in [-0.25, -0.2) is 0 Å². The molecule has 0 aromatic carbocycles. The third-order valence-corrected chi connectivity index (χ3v) is 0.344. The summed E-state index contributed by atoms with van der Waals surface area (Å²) in [7, 11) is 0. The van der Waals surface area contributed by atoms with Crippen molar-refractivity contribution in [2.45, 2.75) is 6.92 Å². The zero-order valence-electron chi connectivity index (χ0n) is 3.65. The van der Waals surface area contributed by atoms with Gasteiger partial charge >= 0.3 is 0 Å². The summed E-state index contributed by atoms with van der Waals surface area (Å²) in [4.78, 5) is 0. The van der Waals surface area contributed by atoms with Crippen molar-refractivity contribution in [1.29, 1.82) is 0 Å². The molecule has 0 radical (unpaired) electrons. The van der Waals surface area contributed by atoms with E-state index in [1.807, 2.05) is 5.48 Å².